The van der Waals surface area contributed by atoms with Crippen LogP contribution in [-0.2, 0) is 4.79 Å². The predicted molar refractivity (Wildman–Crippen MR) is 68.5 cm³/mol. The minimum absolute atomic E-state index is 0.153. The van der Waals surface area contributed by atoms with Gasteiger partial charge in [0.15, 0.2) is 0 Å². The van der Waals surface area contributed by atoms with Crippen molar-refractivity contribution in [1.82, 2.24) is 15.5 Å². The van der Waals surface area contributed by atoms with Crippen LogP contribution in [0.15, 0.2) is 0 Å². The lowest BCUT2D eigenvalue weighted by atomic mass is 10.1. The maximum Gasteiger partial charge on any atom is 0.314 e. The van der Waals surface area contributed by atoms with Gasteiger partial charge in [0.25, 0.3) is 0 Å². The topological polar surface area (TPSA) is 81.7 Å². The molecule has 1 aliphatic rings. The summed E-state index contributed by atoms with van der Waals surface area (Å²) in [5, 5.41) is 14.0. The van der Waals surface area contributed by atoms with E-state index in [1.54, 1.807) is 0 Å². The Labute approximate surface area is 108 Å². The van der Waals surface area contributed by atoms with E-state index in [9.17, 15) is 9.59 Å². The summed E-state index contributed by atoms with van der Waals surface area (Å²) in [7, 11) is 2.09. The number of hydrogen-bond donors (Lipinski definition) is 3. The number of rotatable bonds is 7. The summed E-state index contributed by atoms with van der Waals surface area (Å²) in [6, 6.07) is -0.153. The third-order valence-corrected chi connectivity index (χ3v) is 3.14. The lowest BCUT2D eigenvalue weighted by molar-refractivity contribution is -0.137. The molecule has 1 atom stereocenters. The van der Waals surface area contributed by atoms with Crippen LogP contribution in [0, 0.1) is 5.92 Å². The number of nitrogens with zero attached hydrogens (tertiary/aromatic N) is 1. The van der Waals surface area contributed by atoms with E-state index in [1.807, 2.05) is 0 Å². The van der Waals surface area contributed by atoms with Crippen molar-refractivity contribution in [3.8, 4) is 0 Å². The fourth-order valence-corrected chi connectivity index (χ4v) is 2.10. The zero-order valence-electron chi connectivity index (χ0n) is 10.9. The van der Waals surface area contributed by atoms with Crippen LogP contribution >= 0.6 is 0 Å². The molecule has 18 heavy (non-hydrogen) atoms. The monoisotopic (exact) mass is 257 g/mol. The molecule has 6 nitrogen and oxygen atoms in total. The van der Waals surface area contributed by atoms with Gasteiger partial charge >= 0.3 is 12.0 Å². The van der Waals surface area contributed by atoms with E-state index in [1.165, 1.54) is 0 Å². The lowest BCUT2D eigenvalue weighted by Crippen LogP contribution is -2.39. The number of hydrogen-bond acceptors (Lipinski definition) is 3. The largest absolute Gasteiger partial charge is 0.481 e. The quantitative estimate of drug-likeness (QED) is 0.580. The number of carbonyl (C=O) groups is 2. The highest BCUT2D eigenvalue weighted by Crippen LogP contribution is 2.12. The Kier molecular flexibility index (Phi) is 6.49. The fraction of sp³-hybridized carbons (Fsp3) is 0.833. The fourth-order valence-electron chi connectivity index (χ4n) is 2.10. The number of carboxylic acid groups (broad SMARTS) is 1. The average molecular weight is 257 g/mol. The molecule has 1 rings (SSSR count). The minimum Gasteiger partial charge on any atom is -0.481 e. The standard InChI is InChI=1S/C12H23N3O3/c1-15-7-5-10(9-15)8-14-12(18)13-6-3-2-4-11(16)17/h10H,2-9H2,1H3,(H,16,17)(H2,13,14,18). The second-order valence-electron chi connectivity index (χ2n) is 4.90. The molecule has 3 N–H and O–H groups in total. The maximum absolute atomic E-state index is 11.4. The summed E-state index contributed by atoms with van der Waals surface area (Å²) >= 11 is 0. The Morgan fingerprint density at radius 1 is 1.33 bits per heavy atom. The molecule has 1 saturated heterocycles. The number of unbranched alkanes of at least 4 members (excludes halogenated alkanes) is 1. The molecule has 0 saturated carbocycles. The predicted octanol–water partition coefficient (Wildman–Crippen LogP) is 0.492. The zero-order chi connectivity index (χ0) is 13.4. The Balaban J connectivity index is 1.95. The number of carbonyl (C=O) groups excluding carboxylic acids is 1. The van der Waals surface area contributed by atoms with Crippen LogP contribution in [0.3, 0.4) is 0 Å². The van der Waals surface area contributed by atoms with Gasteiger partial charge in [-0.25, -0.2) is 4.79 Å². The van der Waals surface area contributed by atoms with Crippen LogP contribution in [0.5, 0.6) is 0 Å². The molecule has 0 aromatic carbocycles. The van der Waals surface area contributed by atoms with Crippen molar-refractivity contribution in [2.75, 3.05) is 33.2 Å². The molecule has 6 heteroatoms. The smallest absolute Gasteiger partial charge is 0.314 e. The Bertz CT molecular complexity index is 284. The number of urea groups is 1. The van der Waals surface area contributed by atoms with Gasteiger partial charge < -0.3 is 20.6 Å². The molecule has 0 aromatic rings. The van der Waals surface area contributed by atoms with Gasteiger partial charge in [0.05, 0.1) is 0 Å². The summed E-state index contributed by atoms with van der Waals surface area (Å²) in [4.78, 5) is 24.0. The number of carboxylic acids is 1. The van der Waals surface area contributed by atoms with Gasteiger partial charge in [-0.3, -0.25) is 4.79 Å². The van der Waals surface area contributed by atoms with E-state index in [0.29, 0.717) is 31.8 Å². The third kappa shape index (κ3) is 6.44. The maximum atomic E-state index is 11.4. The molecule has 2 amide bonds. The summed E-state index contributed by atoms with van der Waals surface area (Å²) in [5.41, 5.74) is 0. The van der Waals surface area contributed by atoms with Gasteiger partial charge in [-0.2, -0.15) is 0 Å². The zero-order valence-corrected chi connectivity index (χ0v) is 10.9. The molecule has 1 unspecified atom stereocenters. The number of amides is 2. The van der Waals surface area contributed by atoms with E-state index < -0.39 is 5.97 Å². The van der Waals surface area contributed by atoms with Crippen molar-refractivity contribution >= 4 is 12.0 Å². The van der Waals surface area contributed by atoms with Crippen molar-refractivity contribution in [1.29, 1.82) is 0 Å². The molecular formula is C12H23N3O3. The first kappa shape index (κ1) is 14.8. The first-order valence-electron chi connectivity index (χ1n) is 6.50. The Morgan fingerprint density at radius 2 is 2.11 bits per heavy atom. The van der Waals surface area contributed by atoms with Crippen molar-refractivity contribution in [3.05, 3.63) is 0 Å². The van der Waals surface area contributed by atoms with Gasteiger partial charge in [-0.1, -0.05) is 0 Å². The molecule has 104 valence electrons. The SMILES string of the molecule is CN1CCC(CNC(=O)NCCCCC(=O)O)C1. The van der Waals surface area contributed by atoms with Gasteiger partial charge in [0.1, 0.15) is 0 Å². The normalized spacial score (nSPS) is 19.7. The molecule has 0 bridgehead atoms. The van der Waals surface area contributed by atoms with Gasteiger partial charge in [0.2, 0.25) is 0 Å². The van der Waals surface area contributed by atoms with E-state index >= 15 is 0 Å². The van der Waals surface area contributed by atoms with Gasteiger partial charge in [0, 0.05) is 26.1 Å². The van der Waals surface area contributed by atoms with Gasteiger partial charge in [-0.05, 0) is 38.8 Å². The van der Waals surface area contributed by atoms with Crippen LogP contribution in [-0.4, -0.2) is 55.2 Å². The molecule has 0 aliphatic carbocycles. The van der Waals surface area contributed by atoms with Crippen LogP contribution in [0.1, 0.15) is 25.7 Å². The minimum atomic E-state index is -0.787. The highest BCUT2D eigenvalue weighted by atomic mass is 16.4. The van der Waals surface area contributed by atoms with E-state index in [0.717, 1.165) is 19.5 Å². The Hall–Kier alpha value is -1.30. The van der Waals surface area contributed by atoms with Crippen molar-refractivity contribution in [2.45, 2.75) is 25.7 Å². The van der Waals surface area contributed by atoms with Crippen molar-refractivity contribution in [3.63, 3.8) is 0 Å². The first-order valence-corrected chi connectivity index (χ1v) is 6.50. The summed E-state index contributed by atoms with van der Waals surface area (Å²) in [6.07, 6.45) is 2.60. The second-order valence-corrected chi connectivity index (χ2v) is 4.90. The summed E-state index contributed by atoms with van der Waals surface area (Å²) < 4.78 is 0. The van der Waals surface area contributed by atoms with E-state index in [2.05, 4.69) is 22.6 Å². The molecule has 0 spiro atoms. The molecule has 0 radical (unpaired) electrons. The summed E-state index contributed by atoms with van der Waals surface area (Å²) in [6.45, 7) is 3.39. The highest BCUT2D eigenvalue weighted by molar-refractivity contribution is 5.73. The second kappa shape index (κ2) is 7.92. The lowest BCUT2D eigenvalue weighted by Gasteiger charge is -2.12. The molecule has 1 fully saturated rings. The van der Waals surface area contributed by atoms with Crippen molar-refractivity contribution < 1.29 is 14.7 Å². The number of nitrogens with one attached hydrogen (secondary N) is 2. The Morgan fingerprint density at radius 3 is 2.72 bits per heavy atom. The van der Waals surface area contributed by atoms with Crippen LogP contribution in [0.4, 0.5) is 4.79 Å². The summed E-state index contributed by atoms with van der Waals surface area (Å²) in [5.74, 6) is -0.238. The molecular weight excluding hydrogens is 234 g/mol. The molecule has 1 aliphatic heterocycles. The van der Waals surface area contributed by atoms with Crippen molar-refractivity contribution in [2.24, 2.45) is 5.92 Å². The van der Waals surface area contributed by atoms with E-state index in [-0.39, 0.29) is 12.5 Å². The van der Waals surface area contributed by atoms with Crippen LogP contribution < -0.4 is 10.6 Å². The first-order chi connectivity index (χ1) is 8.58. The molecule has 0 aromatic heterocycles. The number of likely N-dealkylation sites (tertiary alicyclic amines) is 1. The molecule has 1 heterocycles. The highest BCUT2D eigenvalue weighted by Gasteiger charge is 2.19. The number of aliphatic carboxylic acids is 1. The van der Waals surface area contributed by atoms with Gasteiger partial charge in [-0.15, -0.1) is 0 Å². The van der Waals surface area contributed by atoms with Crippen LogP contribution in [0.2, 0.25) is 0 Å². The van der Waals surface area contributed by atoms with E-state index in [4.69, 9.17) is 5.11 Å². The van der Waals surface area contributed by atoms with Crippen LogP contribution in [0.25, 0.3) is 0 Å². The third-order valence-electron chi connectivity index (χ3n) is 3.14. The average Bonchev–Trinajstić information content (AvgIpc) is 2.71.